The molecule has 0 saturated heterocycles. The van der Waals surface area contributed by atoms with Crippen LogP contribution in [0.2, 0.25) is 0 Å². The maximum atomic E-state index is 11.9. The molecule has 17 heavy (non-hydrogen) atoms. The van der Waals surface area contributed by atoms with E-state index in [-0.39, 0.29) is 6.42 Å². The summed E-state index contributed by atoms with van der Waals surface area (Å²) in [6, 6.07) is 0. The Kier molecular flexibility index (Phi) is 7.74. The number of unbranched alkanes of at least 4 members (excludes halogenated alkanes) is 1. The van der Waals surface area contributed by atoms with Gasteiger partial charge in [0.05, 0.1) is 0 Å². The van der Waals surface area contributed by atoms with Gasteiger partial charge >= 0.3 is 6.18 Å². The van der Waals surface area contributed by atoms with Crippen molar-refractivity contribution in [2.75, 3.05) is 20.1 Å². The first kappa shape index (κ1) is 16.1. The van der Waals surface area contributed by atoms with E-state index in [1.165, 1.54) is 0 Å². The lowest BCUT2D eigenvalue weighted by molar-refractivity contribution is -0.135. The third kappa shape index (κ3) is 11.3. The number of nitrogens with zero attached hydrogens (tertiary/aromatic N) is 1. The second-order valence-corrected chi connectivity index (χ2v) is 4.35. The number of aliphatic imine (C=N–C) groups is 1. The predicted molar refractivity (Wildman–Crippen MR) is 64.1 cm³/mol. The van der Waals surface area contributed by atoms with Crippen LogP contribution in [0.3, 0.4) is 0 Å². The molecule has 0 fully saturated rings. The summed E-state index contributed by atoms with van der Waals surface area (Å²) in [6.45, 7) is 5.45. The zero-order chi connectivity index (χ0) is 13.3. The Morgan fingerprint density at radius 1 is 1.18 bits per heavy atom. The fraction of sp³-hybridized carbons (Fsp3) is 0.909. The van der Waals surface area contributed by atoms with Crippen molar-refractivity contribution in [1.82, 2.24) is 10.6 Å². The Morgan fingerprint density at radius 3 is 2.29 bits per heavy atom. The third-order valence-corrected chi connectivity index (χ3v) is 2.08. The summed E-state index contributed by atoms with van der Waals surface area (Å²) >= 11 is 0. The van der Waals surface area contributed by atoms with Crippen LogP contribution in [0.1, 0.15) is 33.1 Å². The zero-order valence-corrected chi connectivity index (χ0v) is 10.7. The summed E-state index contributed by atoms with van der Waals surface area (Å²) in [5.41, 5.74) is 0. The van der Waals surface area contributed by atoms with Crippen molar-refractivity contribution in [3.8, 4) is 0 Å². The van der Waals surface area contributed by atoms with E-state index in [4.69, 9.17) is 0 Å². The van der Waals surface area contributed by atoms with Crippen LogP contribution in [-0.4, -0.2) is 32.3 Å². The van der Waals surface area contributed by atoms with Crippen molar-refractivity contribution in [1.29, 1.82) is 0 Å². The minimum absolute atomic E-state index is 0.150. The SMILES string of the molecule is CN=C(NCCCCC(F)(F)F)NCC(C)C. The minimum atomic E-state index is -4.04. The van der Waals surface area contributed by atoms with Gasteiger partial charge in [-0.25, -0.2) is 0 Å². The Balaban J connectivity index is 3.58. The maximum absolute atomic E-state index is 11.9. The quantitative estimate of drug-likeness (QED) is 0.433. The average Bonchev–Trinajstić information content (AvgIpc) is 2.20. The van der Waals surface area contributed by atoms with Crippen molar-refractivity contribution in [3.05, 3.63) is 0 Å². The highest BCUT2D eigenvalue weighted by molar-refractivity contribution is 5.79. The lowest BCUT2D eigenvalue weighted by Gasteiger charge is -2.13. The Hall–Kier alpha value is -0.940. The molecule has 0 saturated carbocycles. The lowest BCUT2D eigenvalue weighted by atomic mass is 10.2. The van der Waals surface area contributed by atoms with Crippen LogP contribution in [0, 0.1) is 5.92 Å². The molecular formula is C11H22F3N3. The molecule has 0 radical (unpaired) electrons. The topological polar surface area (TPSA) is 36.4 Å². The number of guanidine groups is 1. The second kappa shape index (κ2) is 8.20. The van der Waals surface area contributed by atoms with Gasteiger partial charge in [-0.05, 0) is 18.8 Å². The van der Waals surface area contributed by atoms with Gasteiger partial charge in [0.15, 0.2) is 5.96 Å². The number of hydrogen-bond donors (Lipinski definition) is 2. The molecule has 0 aliphatic carbocycles. The molecule has 0 atom stereocenters. The van der Waals surface area contributed by atoms with Crippen molar-refractivity contribution in [2.24, 2.45) is 10.9 Å². The molecular weight excluding hydrogens is 231 g/mol. The van der Waals surface area contributed by atoms with Crippen molar-refractivity contribution >= 4 is 5.96 Å². The van der Waals surface area contributed by atoms with E-state index in [0.717, 1.165) is 6.54 Å². The summed E-state index contributed by atoms with van der Waals surface area (Å²) in [5, 5.41) is 6.08. The van der Waals surface area contributed by atoms with E-state index >= 15 is 0 Å². The number of hydrogen-bond acceptors (Lipinski definition) is 1. The highest BCUT2D eigenvalue weighted by atomic mass is 19.4. The Morgan fingerprint density at radius 2 is 1.82 bits per heavy atom. The Labute approximate surface area is 101 Å². The summed E-state index contributed by atoms with van der Waals surface area (Å²) in [7, 11) is 1.64. The van der Waals surface area contributed by atoms with E-state index < -0.39 is 12.6 Å². The first-order valence-electron chi connectivity index (χ1n) is 5.86. The highest BCUT2D eigenvalue weighted by Gasteiger charge is 2.25. The molecule has 0 spiro atoms. The van der Waals surface area contributed by atoms with Gasteiger partial charge in [-0.3, -0.25) is 4.99 Å². The van der Waals surface area contributed by atoms with Gasteiger partial charge in [-0.15, -0.1) is 0 Å². The molecule has 6 heteroatoms. The summed E-state index contributed by atoms with van der Waals surface area (Å²) in [5.74, 6) is 1.14. The second-order valence-electron chi connectivity index (χ2n) is 4.35. The van der Waals surface area contributed by atoms with Gasteiger partial charge in [-0.1, -0.05) is 13.8 Å². The van der Waals surface area contributed by atoms with Gasteiger partial charge in [0.25, 0.3) is 0 Å². The summed E-state index contributed by atoms with van der Waals surface area (Å²) in [4.78, 5) is 3.98. The molecule has 2 N–H and O–H groups in total. The minimum Gasteiger partial charge on any atom is -0.356 e. The van der Waals surface area contributed by atoms with E-state index in [0.29, 0.717) is 24.8 Å². The largest absolute Gasteiger partial charge is 0.389 e. The van der Waals surface area contributed by atoms with Crippen LogP contribution in [0.25, 0.3) is 0 Å². The van der Waals surface area contributed by atoms with Crippen LogP contribution in [0.15, 0.2) is 4.99 Å². The molecule has 0 unspecified atom stereocenters. The van der Waals surface area contributed by atoms with Gasteiger partial charge < -0.3 is 10.6 Å². The van der Waals surface area contributed by atoms with Gasteiger partial charge in [0, 0.05) is 26.6 Å². The summed E-state index contributed by atoms with van der Waals surface area (Å²) < 4.78 is 35.6. The monoisotopic (exact) mass is 253 g/mol. The molecule has 102 valence electrons. The van der Waals surface area contributed by atoms with Crippen LogP contribution >= 0.6 is 0 Å². The maximum Gasteiger partial charge on any atom is 0.389 e. The van der Waals surface area contributed by atoms with Gasteiger partial charge in [-0.2, -0.15) is 13.2 Å². The molecule has 0 bridgehead atoms. The smallest absolute Gasteiger partial charge is 0.356 e. The van der Waals surface area contributed by atoms with Gasteiger partial charge in [0.1, 0.15) is 0 Å². The Bertz CT molecular complexity index is 224. The molecule has 0 heterocycles. The number of halogens is 3. The number of alkyl halides is 3. The fourth-order valence-corrected chi connectivity index (χ4v) is 1.18. The predicted octanol–water partition coefficient (Wildman–Crippen LogP) is 2.54. The van der Waals surface area contributed by atoms with Crippen LogP contribution in [0.4, 0.5) is 13.2 Å². The van der Waals surface area contributed by atoms with Crippen molar-refractivity contribution < 1.29 is 13.2 Å². The number of rotatable bonds is 6. The van der Waals surface area contributed by atoms with Crippen LogP contribution in [0.5, 0.6) is 0 Å². The molecule has 0 aromatic carbocycles. The molecule has 0 aliphatic rings. The zero-order valence-electron chi connectivity index (χ0n) is 10.7. The molecule has 0 rings (SSSR count). The molecule has 0 aromatic heterocycles. The summed E-state index contributed by atoms with van der Waals surface area (Å²) in [6.07, 6.45) is -4.12. The normalized spacial score (nSPS) is 13.0. The first-order chi connectivity index (χ1) is 7.85. The molecule has 0 amide bonds. The van der Waals surface area contributed by atoms with Gasteiger partial charge in [0.2, 0.25) is 0 Å². The standard InChI is InChI=1S/C11H22F3N3/c1-9(2)8-17-10(15-3)16-7-5-4-6-11(12,13)14/h9H,4-8H2,1-3H3,(H2,15,16,17). The van der Waals surface area contributed by atoms with Crippen molar-refractivity contribution in [3.63, 3.8) is 0 Å². The molecule has 0 aromatic rings. The fourth-order valence-electron chi connectivity index (χ4n) is 1.18. The number of nitrogens with one attached hydrogen (secondary N) is 2. The molecule has 0 aliphatic heterocycles. The first-order valence-corrected chi connectivity index (χ1v) is 5.86. The average molecular weight is 253 g/mol. The van der Waals surface area contributed by atoms with Crippen molar-refractivity contribution in [2.45, 2.75) is 39.3 Å². The van der Waals surface area contributed by atoms with Crippen LogP contribution < -0.4 is 10.6 Å². The third-order valence-electron chi connectivity index (χ3n) is 2.08. The van der Waals surface area contributed by atoms with Crippen LogP contribution in [-0.2, 0) is 0 Å². The van der Waals surface area contributed by atoms with E-state index in [2.05, 4.69) is 29.5 Å². The highest BCUT2D eigenvalue weighted by Crippen LogP contribution is 2.21. The molecule has 3 nitrogen and oxygen atoms in total. The lowest BCUT2D eigenvalue weighted by Crippen LogP contribution is -2.39. The van der Waals surface area contributed by atoms with E-state index in [9.17, 15) is 13.2 Å². The van der Waals surface area contributed by atoms with E-state index in [1.807, 2.05) is 0 Å². The van der Waals surface area contributed by atoms with E-state index in [1.54, 1.807) is 7.05 Å².